The van der Waals surface area contributed by atoms with Gasteiger partial charge in [-0.15, -0.1) is 0 Å². The molecule has 1 amide bonds. The molecule has 1 unspecified atom stereocenters. The minimum atomic E-state index is -0.342. The van der Waals surface area contributed by atoms with Crippen molar-refractivity contribution < 1.29 is 9.18 Å². The Hall–Kier alpha value is -1.69. The van der Waals surface area contributed by atoms with Gasteiger partial charge in [-0.25, -0.2) is 9.37 Å². The molecule has 1 aliphatic heterocycles. The molecule has 1 aromatic rings. The summed E-state index contributed by atoms with van der Waals surface area (Å²) >= 11 is 0. The van der Waals surface area contributed by atoms with Crippen LogP contribution in [0.2, 0.25) is 0 Å². The molecule has 2 heterocycles. The smallest absolute Gasteiger partial charge is 0.224 e. The fraction of sp³-hybridized carbons (Fsp3) is 0.538. The Kier molecular flexibility index (Phi) is 4.68. The highest BCUT2D eigenvalue weighted by Gasteiger charge is 2.27. The topological polar surface area (TPSA) is 71.2 Å². The van der Waals surface area contributed by atoms with Crippen molar-refractivity contribution >= 4 is 11.7 Å². The Balaban J connectivity index is 2.01. The predicted molar refractivity (Wildman–Crippen MR) is 71.2 cm³/mol. The molecule has 0 radical (unpaired) electrons. The van der Waals surface area contributed by atoms with Crippen LogP contribution in [0.15, 0.2) is 18.3 Å². The molecule has 0 bridgehead atoms. The molecule has 104 valence electrons. The highest BCUT2D eigenvalue weighted by atomic mass is 19.1. The van der Waals surface area contributed by atoms with E-state index in [9.17, 15) is 9.18 Å². The summed E-state index contributed by atoms with van der Waals surface area (Å²) < 4.78 is 13.7. The number of amides is 1. The molecule has 1 aromatic heterocycles. The van der Waals surface area contributed by atoms with Gasteiger partial charge in [0.1, 0.15) is 0 Å². The van der Waals surface area contributed by atoms with Crippen LogP contribution in [0.1, 0.15) is 12.8 Å². The summed E-state index contributed by atoms with van der Waals surface area (Å²) in [5, 5.41) is 2.78. The molecule has 1 aliphatic rings. The van der Waals surface area contributed by atoms with Gasteiger partial charge in [0.15, 0.2) is 11.6 Å². The number of anilines is 1. The van der Waals surface area contributed by atoms with Crippen LogP contribution in [0.4, 0.5) is 10.2 Å². The number of pyridine rings is 1. The van der Waals surface area contributed by atoms with Crippen LogP contribution in [0.5, 0.6) is 0 Å². The molecule has 1 atom stereocenters. The van der Waals surface area contributed by atoms with E-state index in [1.807, 2.05) is 4.90 Å². The normalized spacial score (nSPS) is 19.3. The molecule has 6 heteroatoms. The molecule has 1 fully saturated rings. The first-order valence-electron chi connectivity index (χ1n) is 6.55. The molecule has 0 aromatic carbocycles. The van der Waals surface area contributed by atoms with Crippen LogP contribution in [0, 0.1) is 11.7 Å². The van der Waals surface area contributed by atoms with Crippen LogP contribution in [0.25, 0.3) is 0 Å². The van der Waals surface area contributed by atoms with Crippen molar-refractivity contribution in [1.29, 1.82) is 0 Å². The van der Waals surface area contributed by atoms with Gasteiger partial charge >= 0.3 is 0 Å². The van der Waals surface area contributed by atoms with E-state index < -0.39 is 0 Å². The predicted octanol–water partition coefficient (Wildman–Crippen LogP) is 0.512. The van der Waals surface area contributed by atoms with Crippen molar-refractivity contribution in [2.75, 3.05) is 31.1 Å². The van der Waals surface area contributed by atoms with Crippen LogP contribution in [-0.4, -0.2) is 37.1 Å². The Bertz CT molecular complexity index is 440. The number of rotatable bonds is 4. The van der Waals surface area contributed by atoms with Gasteiger partial charge in [-0.3, -0.25) is 4.79 Å². The number of halogens is 1. The molecular weight excluding hydrogens is 247 g/mol. The van der Waals surface area contributed by atoms with E-state index in [-0.39, 0.29) is 17.6 Å². The lowest BCUT2D eigenvalue weighted by molar-refractivity contribution is -0.125. The van der Waals surface area contributed by atoms with Gasteiger partial charge in [-0.1, -0.05) is 0 Å². The molecule has 1 saturated heterocycles. The van der Waals surface area contributed by atoms with E-state index in [1.165, 1.54) is 6.07 Å². The van der Waals surface area contributed by atoms with Gasteiger partial charge in [-0.05, 0) is 25.0 Å². The molecule has 0 aliphatic carbocycles. The fourth-order valence-electron chi connectivity index (χ4n) is 2.33. The lowest BCUT2D eigenvalue weighted by Crippen LogP contribution is -2.44. The number of hydrogen-bond donors (Lipinski definition) is 2. The number of nitrogens with zero attached hydrogens (tertiary/aromatic N) is 2. The molecule has 3 N–H and O–H groups in total. The molecular formula is C13H19FN4O. The second-order valence-electron chi connectivity index (χ2n) is 4.67. The summed E-state index contributed by atoms with van der Waals surface area (Å²) in [5.74, 6) is -0.141. The summed E-state index contributed by atoms with van der Waals surface area (Å²) in [6.07, 6.45) is 3.24. The van der Waals surface area contributed by atoms with E-state index in [1.54, 1.807) is 12.3 Å². The van der Waals surface area contributed by atoms with Crippen molar-refractivity contribution in [3.63, 3.8) is 0 Å². The van der Waals surface area contributed by atoms with Gasteiger partial charge in [0, 0.05) is 32.4 Å². The lowest BCUT2D eigenvalue weighted by atomic mass is 9.97. The zero-order valence-corrected chi connectivity index (χ0v) is 10.8. The highest BCUT2D eigenvalue weighted by molar-refractivity contribution is 5.79. The highest BCUT2D eigenvalue weighted by Crippen LogP contribution is 2.23. The van der Waals surface area contributed by atoms with Crippen LogP contribution in [-0.2, 0) is 4.79 Å². The maximum atomic E-state index is 13.7. The van der Waals surface area contributed by atoms with Crippen molar-refractivity contribution in [3.8, 4) is 0 Å². The van der Waals surface area contributed by atoms with Gasteiger partial charge in [-0.2, -0.15) is 0 Å². The Morgan fingerprint density at radius 2 is 2.47 bits per heavy atom. The van der Waals surface area contributed by atoms with Gasteiger partial charge in [0.05, 0.1) is 5.92 Å². The second-order valence-corrected chi connectivity index (χ2v) is 4.67. The first kappa shape index (κ1) is 13.7. The minimum absolute atomic E-state index is 0.00788. The van der Waals surface area contributed by atoms with Gasteiger partial charge in [0.2, 0.25) is 5.91 Å². The zero-order valence-electron chi connectivity index (χ0n) is 10.8. The van der Waals surface area contributed by atoms with E-state index >= 15 is 0 Å². The molecule has 0 saturated carbocycles. The first-order chi connectivity index (χ1) is 9.22. The average molecular weight is 266 g/mol. The minimum Gasteiger partial charge on any atom is -0.355 e. The lowest BCUT2D eigenvalue weighted by Gasteiger charge is -2.32. The van der Waals surface area contributed by atoms with E-state index in [4.69, 9.17) is 5.73 Å². The number of hydrogen-bond acceptors (Lipinski definition) is 4. The van der Waals surface area contributed by atoms with E-state index in [0.717, 1.165) is 19.4 Å². The Morgan fingerprint density at radius 3 is 3.21 bits per heavy atom. The zero-order chi connectivity index (χ0) is 13.7. The van der Waals surface area contributed by atoms with Crippen LogP contribution in [0.3, 0.4) is 0 Å². The second kappa shape index (κ2) is 6.47. The maximum Gasteiger partial charge on any atom is 0.224 e. The maximum absolute atomic E-state index is 13.7. The average Bonchev–Trinajstić information content (AvgIpc) is 2.45. The van der Waals surface area contributed by atoms with Gasteiger partial charge < -0.3 is 16.0 Å². The van der Waals surface area contributed by atoms with Crippen molar-refractivity contribution in [1.82, 2.24) is 10.3 Å². The third kappa shape index (κ3) is 3.41. The Morgan fingerprint density at radius 1 is 1.63 bits per heavy atom. The Labute approximate surface area is 112 Å². The SMILES string of the molecule is NCCNC(=O)C1CCCN(c2ncccc2F)C1. The number of nitrogens with one attached hydrogen (secondary N) is 1. The summed E-state index contributed by atoms with van der Waals surface area (Å²) in [6.45, 7) is 2.14. The third-order valence-corrected chi connectivity index (χ3v) is 3.27. The van der Waals surface area contributed by atoms with Crippen LogP contribution >= 0.6 is 0 Å². The molecule has 0 spiro atoms. The van der Waals surface area contributed by atoms with Gasteiger partial charge in [0.25, 0.3) is 0 Å². The molecule has 19 heavy (non-hydrogen) atoms. The number of carbonyl (C=O) groups excluding carboxylic acids is 1. The van der Waals surface area contributed by atoms with E-state index in [0.29, 0.717) is 25.5 Å². The summed E-state index contributed by atoms with van der Waals surface area (Å²) in [4.78, 5) is 17.8. The summed E-state index contributed by atoms with van der Waals surface area (Å²) in [7, 11) is 0. The standard InChI is InChI=1S/C13H19FN4O/c14-11-4-1-6-16-12(11)18-8-2-3-10(9-18)13(19)17-7-5-15/h1,4,6,10H,2-3,5,7-9,15H2,(H,17,19). The van der Waals surface area contributed by atoms with Crippen molar-refractivity contribution in [2.45, 2.75) is 12.8 Å². The first-order valence-corrected chi connectivity index (χ1v) is 6.55. The van der Waals surface area contributed by atoms with Crippen LogP contribution < -0.4 is 16.0 Å². The number of nitrogens with two attached hydrogens (primary N) is 1. The summed E-state index contributed by atoms with van der Waals surface area (Å²) in [6, 6.07) is 2.95. The largest absolute Gasteiger partial charge is 0.355 e. The molecule has 5 nitrogen and oxygen atoms in total. The number of piperidine rings is 1. The van der Waals surface area contributed by atoms with E-state index in [2.05, 4.69) is 10.3 Å². The summed E-state index contributed by atoms with van der Waals surface area (Å²) in [5.41, 5.74) is 5.36. The van der Waals surface area contributed by atoms with Crippen molar-refractivity contribution in [3.05, 3.63) is 24.1 Å². The third-order valence-electron chi connectivity index (χ3n) is 3.27. The fourth-order valence-corrected chi connectivity index (χ4v) is 2.33. The monoisotopic (exact) mass is 266 g/mol. The number of carbonyl (C=O) groups is 1. The van der Waals surface area contributed by atoms with Crippen molar-refractivity contribution in [2.24, 2.45) is 11.7 Å². The molecule has 2 rings (SSSR count). The number of aromatic nitrogens is 1. The quantitative estimate of drug-likeness (QED) is 0.833.